The monoisotopic (exact) mass is 210 g/mol. The number of nitrogens with two attached hydrogens (primary N) is 1. The molecule has 2 aromatic rings. The van der Waals surface area contributed by atoms with Gasteiger partial charge in [0, 0.05) is 5.56 Å². The average molecular weight is 210 g/mol. The average Bonchev–Trinajstić information content (AvgIpc) is 2.62. The number of nitrogens with zero attached hydrogens (tertiary/aromatic N) is 1. The molecule has 0 aliphatic carbocycles. The zero-order valence-corrected chi connectivity index (χ0v) is 7.92. The Morgan fingerprint density at radius 1 is 1.20 bits per heavy atom. The summed E-state index contributed by atoms with van der Waals surface area (Å²) in [5.74, 6) is -1.85. The second-order valence-corrected chi connectivity index (χ2v) is 3.16. The molecule has 5 heteroatoms. The Morgan fingerprint density at radius 2 is 1.93 bits per heavy atom. The highest BCUT2D eigenvalue weighted by Crippen LogP contribution is 2.29. The van der Waals surface area contributed by atoms with Gasteiger partial charge in [-0.15, -0.1) is 0 Å². The Labute approximate surface area is 84.5 Å². The van der Waals surface area contributed by atoms with Crippen LogP contribution in [0.1, 0.15) is 5.56 Å². The van der Waals surface area contributed by atoms with E-state index in [9.17, 15) is 8.78 Å². The fourth-order valence-corrected chi connectivity index (χ4v) is 1.30. The van der Waals surface area contributed by atoms with E-state index in [2.05, 4.69) is 9.68 Å². The van der Waals surface area contributed by atoms with Gasteiger partial charge in [0.15, 0.2) is 11.6 Å². The molecular formula is C10H8F2N2O. The summed E-state index contributed by atoms with van der Waals surface area (Å²) in [6, 6.07) is 2.91. The maximum absolute atomic E-state index is 13.5. The van der Waals surface area contributed by atoms with Crippen molar-refractivity contribution in [3.05, 3.63) is 35.5 Å². The highest BCUT2D eigenvalue weighted by atomic mass is 19.2. The number of rotatable bonds is 1. The predicted molar refractivity (Wildman–Crippen MR) is 51.0 cm³/mol. The number of benzene rings is 1. The molecule has 0 fully saturated rings. The van der Waals surface area contributed by atoms with Crippen LogP contribution in [0.3, 0.4) is 0 Å². The molecule has 2 rings (SSSR count). The largest absolute Gasteiger partial charge is 0.367 e. The highest BCUT2D eigenvalue weighted by molar-refractivity contribution is 5.72. The third-order valence-electron chi connectivity index (χ3n) is 2.16. The highest BCUT2D eigenvalue weighted by Gasteiger charge is 2.16. The van der Waals surface area contributed by atoms with Gasteiger partial charge in [-0.1, -0.05) is 17.3 Å². The van der Waals surface area contributed by atoms with Gasteiger partial charge < -0.3 is 10.3 Å². The van der Waals surface area contributed by atoms with Crippen LogP contribution in [0.15, 0.2) is 22.9 Å². The second-order valence-electron chi connectivity index (χ2n) is 3.16. The SMILES string of the molecule is Cc1ccc(-c2cnoc2N)c(F)c1F. The minimum atomic E-state index is -0.940. The van der Waals surface area contributed by atoms with E-state index in [1.165, 1.54) is 25.3 Å². The summed E-state index contributed by atoms with van der Waals surface area (Å²) in [4.78, 5) is 0. The van der Waals surface area contributed by atoms with Crippen molar-refractivity contribution in [1.29, 1.82) is 0 Å². The quantitative estimate of drug-likeness (QED) is 0.786. The van der Waals surface area contributed by atoms with Crippen molar-refractivity contribution >= 4 is 5.88 Å². The van der Waals surface area contributed by atoms with Gasteiger partial charge in [0.2, 0.25) is 5.88 Å². The standard InChI is InChI=1S/C10H8F2N2O/c1-5-2-3-6(9(12)8(5)11)7-4-14-15-10(7)13/h2-4H,13H2,1H3. The number of anilines is 1. The number of hydrogen-bond acceptors (Lipinski definition) is 3. The van der Waals surface area contributed by atoms with Crippen LogP contribution in [0.2, 0.25) is 0 Å². The van der Waals surface area contributed by atoms with Gasteiger partial charge in [-0.3, -0.25) is 0 Å². The lowest BCUT2D eigenvalue weighted by Crippen LogP contribution is -1.94. The van der Waals surface area contributed by atoms with Crippen LogP contribution < -0.4 is 5.73 Å². The maximum atomic E-state index is 13.5. The number of halogens is 2. The van der Waals surface area contributed by atoms with Gasteiger partial charge in [0.25, 0.3) is 0 Å². The number of aromatic nitrogens is 1. The van der Waals surface area contributed by atoms with E-state index in [1.807, 2.05) is 0 Å². The van der Waals surface area contributed by atoms with Crippen molar-refractivity contribution in [2.24, 2.45) is 0 Å². The summed E-state index contributed by atoms with van der Waals surface area (Å²) in [5.41, 5.74) is 5.96. The van der Waals surface area contributed by atoms with Gasteiger partial charge in [-0.05, 0) is 12.5 Å². The molecule has 0 saturated carbocycles. The van der Waals surface area contributed by atoms with E-state index in [0.29, 0.717) is 0 Å². The fourth-order valence-electron chi connectivity index (χ4n) is 1.30. The minimum Gasteiger partial charge on any atom is -0.367 e. The molecule has 1 aromatic carbocycles. The Kier molecular flexibility index (Phi) is 2.15. The van der Waals surface area contributed by atoms with Crippen LogP contribution in [0.25, 0.3) is 11.1 Å². The first-order valence-electron chi connectivity index (χ1n) is 4.26. The van der Waals surface area contributed by atoms with Gasteiger partial charge in [0.1, 0.15) is 0 Å². The molecule has 1 aromatic heterocycles. The first kappa shape index (κ1) is 9.64. The van der Waals surface area contributed by atoms with Crippen LogP contribution in [0, 0.1) is 18.6 Å². The summed E-state index contributed by atoms with van der Waals surface area (Å²) in [6.45, 7) is 1.49. The Bertz CT molecular complexity index is 508. The smallest absolute Gasteiger partial charge is 0.230 e. The molecule has 2 N–H and O–H groups in total. The molecule has 1 heterocycles. The first-order chi connectivity index (χ1) is 7.11. The van der Waals surface area contributed by atoms with E-state index < -0.39 is 11.6 Å². The second kappa shape index (κ2) is 3.34. The maximum Gasteiger partial charge on any atom is 0.230 e. The van der Waals surface area contributed by atoms with Crippen molar-refractivity contribution in [1.82, 2.24) is 5.16 Å². The van der Waals surface area contributed by atoms with Crippen LogP contribution in [0.4, 0.5) is 14.7 Å². The molecule has 0 saturated heterocycles. The van der Waals surface area contributed by atoms with Crippen molar-refractivity contribution in [3.63, 3.8) is 0 Å². The Morgan fingerprint density at radius 3 is 2.53 bits per heavy atom. The molecule has 0 bridgehead atoms. The van der Waals surface area contributed by atoms with Crippen LogP contribution >= 0.6 is 0 Å². The van der Waals surface area contributed by atoms with Gasteiger partial charge in [0.05, 0.1) is 11.8 Å². The van der Waals surface area contributed by atoms with E-state index in [1.54, 1.807) is 0 Å². The van der Waals surface area contributed by atoms with Crippen LogP contribution in [0.5, 0.6) is 0 Å². The van der Waals surface area contributed by atoms with E-state index >= 15 is 0 Å². The summed E-state index contributed by atoms with van der Waals surface area (Å²) in [6.07, 6.45) is 1.25. The van der Waals surface area contributed by atoms with Crippen molar-refractivity contribution in [2.75, 3.05) is 5.73 Å². The molecule has 0 atom stereocenters. The predicted octanol–water partition coefficient (Wildman–Crippen LogP) is 2.51. The molecule has 0 aliphatic rings. The van der Waals surface area contributed by atoms with E-state index in [0.717, 1.165) is 0 Å². The van der Waals surface area contributed by atoms with Crippen molar-refractivity contribution in [3.8, 4) is 11.1 Å². The fraction of sp³-hybridized carbons (Fsp3) is 0.100. The molecule has 0 unspecified atom stereocenters. The molecule has 0 aliphatic heterocycles. The third-order valence-corrected chi connectivity index (χ3v) is 2.16. The minimum absolute atomic E-state index is 0.0304. The van der Waals surface area contributed by atoms with Crippen molar-refractivity contribution in [2.45, 2.75) is 6.92 Å². The first-order valence-corrected chi connectivity index (χ1v) is 4.26. The lowest BCUT2D eigenvalue weighted by molar-refractivity contribution is 0.436. The normalized spacial score (nSPS) is 10.6. The van der Waals surface area contributed by atoms with Crippen molar-refractivity contribution < 1.29 is 13.3 Å². The number of nitrogen functional groups attached to an aromatic ring is 1. The van der Waals surface area contributed by atoms with Crippen LogP contribution in [-0.4, -0.2) is 5.16 Å². The Balaban J connectivity index is 2.65. The summed E-state index contributed by atoms with van der Waals surface area (Å²) < 4.78 is 31.3. The van der Waals surface area contributed by atoms with E-state index in [-0.39, 0.29) is 22.6 Å². The lowest BCUT2D eigenvalue weighted by atomic mass is 10.1. The topological polar surface area (TPSA) is 52.0 Å². The molecule has 78 valence electrons. The van der Waals surface area contributed by atoms with Gasteiger partial charge in [-0.2, -0.15) is 0 Å². The van der Waals surface area contributed by atoms with Gasteiger partial charge in [-0.25, -0.2) is 8.78 Å². The number of hydrogen-bond donors (Lipinski definition) is 1. The molecule has 0 spiro atoms. The molecule has 0 amide bonds. The van der Waals surface area contributed by atoms with Crippen LogP contribution in [-0.2, 0) is 0 Å². The lowest BCUT2D eigenvalue weighted by Gasteiger charge is -2.03. The Hall–Kier alpha value is -1.91. The molecular weight excluding hydrogens is 202 g/mol. The third kappa shape index (κ3) is 1.45. The summed E-state index contributed by atoms with van der Waals surface area (Å²) in [5, 5.41) is 3.40. The zero-order valence-electron chi connectivity index (χ0n) is 7.92. The summed E-state index contributed by atoms with van der Waals surface area (Å²) >= 11 is 0. The summed E-state index contributed by atoms with van der Waals surface area (Å²) in [7, 11) is 0. The molecule has 3 nitrogen and oxygen atoms in total. The molecule has 0 radical (unpaired) electrons. The van der Waals surface area contributed by atoms with E-state index in [4.69, 9.17) is 5.73 Å². The number of aryl methyl sites for hydroxylation is 1. The van der Waals surface area contributed by atoms with Gasteiger partial charge >= 0.3 is 0 Å². The zero-order chi connectivity index (χ0) is 11.0. The molecule has 15 heavy (non-hydrogen) atoms.